The number of likely N-dealkylation sites (tertiary alicyclic amines) is 1. The first-order valence-corrected chi connectivity index (χ1v) is 9.82. The number of hydrogen-bond acceptors (Lipinski definition) is 3. The summed E-state index contributed by atoms with van der Waals surface area (Å²) in [6, 6.07) is 9.45. The number of benzene rings is 1. The van der Waals surface area contributed by atoms with Crippen molar-refractivity contribution in [2.24, 2.45) is 0 Å². The summed E-state index contributed by atoms with van der Waals surface area (Å²) >= 11 is 0. The number of sulfonamides is 1. The van der Waals surface area contributed by atoms with Crippen molar-refractivity contribution in [3.63, 3.8) is 0 Å². The Balaban J connectivity index is 1.97. The molecule has 1 fully saturated rings. The molecule has 2 atom stereocenters. The molecule has 23 heavy (non-hydrogen) atoms. The number of nitrogens with one attached hydrogen (secondary N) is 2. The maximum Gasteiger partial charge on any atom is 0.318 e. The Morgan fingerprint density at radius 1 is 1.30 bits per heavy atom. The molecule has 0 unspecified atom stereocenters. The summed E-state index contributed by atoms with van der Waals surface area (Å²) in [6.45, 7) is 2.87. The molecule has 128 valence electrons. The molecule has 1 saturated heterocycles. The van der Waals surface area contributed by atoms with Gasteiger partial charge in [-0.2, -0.15) is 0 Å². The van der Waals surface area contributed by atoms with Crippen molar-refractivity contribution in [1.82, 2.24) is 14.9 Å². The van der Waals surface area contributed by atoms with Gasteiger partial charge in [-0.15, -0.1) is 0 Å². The minimum atomic E-state index is -3.25. The molecule has 6 nitrogen and oxygen atoms in total. The number of carbonyl (C=O) groups is 1. The molecule has 1 aromatic carbocycles. The normalized spacial score (nSPS) is 20.1. The van der Waals surface area contributed by atoms with Crippen molar-refractivity contribution >= 4 is 16.1 Å². The molecular formula is C16H25N3O3S. The van der Waals surface area contributed by atoms with Crippen LogP contribution in [0.1, 0.15) is 37.8 Å². The lowest BCUT2D eigenvalue weighted by atomic mass is 10.0. The first-order chi connectivity index (χ1) is 10.9. The third-order valence-corrected chi connectivity index (χ3v) is 4.80. The van der Waals surface area contributed by atoms with Gasteiger partial charge in [-0.1, -0.05) is 30.3 Å². The summed E-state index contributed by atoms with van der Waals surface area (Å²) in [4.78, 5) is 14.3. The lowest BCUT2D eigenvalue weighted by molar-refractivity contribution is 0.149. The number of rotatable bonds is 5. The van der Waals surface area contributed by atoms with Crippen LogP contribution in [-0.2, 0) is 10.0 Å². The number of piperidine rings is 1. The highest BCUT2D eigenvalue weighted by atomic mass is 32.2. The van der Waals surface area contributed by atoms with Gasteiger partial charge in [0.15, 0.2) is 0 Å². The third-order valence-electron chi connectivity index (χ3n) is 4.11. The molecule has 1 aliphatic heterocycles. The standard InChI is InChI=1S/C16H25N3O3S/c1-13(14-8-4-3-5-9-14)18-16(20)19-11-7-6-10-15(19)12-17-23(2,21)22/h3-5,8-9,13,15,17H,6-7,10-12H2,1-2H3,(H,18,20)/t13-,15-/m0/s1. The van der Waals surface area contributed by atoms with Gasteiger partial charge in [-0.25, -0.2) is 17.9 Å². The Kier molecular flexibility index (Phi) is 6.01. The van der Waals surface area contributed by atoms with Gasteiger partial charge in [0.1, 0.15) is 0 Å². The molecule has 1 aliphatic rings. The van der Waals surface area contributed by atoms with Gasteiger partial charge in [0.25, 0.3) is 0 Å². The van der Waals surface area contributed by atoms with Crippen LogP contribution in [0, 0.1) is 0 Å². The van der Waals surface area contributed by atoms with Crippen molar-refractivity contribution in [1.29, 1.82) is 0 Å². The maximum absolute atomic E-state index is 12.6. The molecule has 0 bridgehead atoms. The Hall–Kier alpha value is -1.60. The zero-order valence-corrected chi connectivity index (χ0v) is 14.5. The van der Waals surface area contributed by atoms with Crippen LogP contribution in [0.15, 0.2) is 30.3 Å². The van der Waals surface area contributed by atoms with Crippen molar-refractivity contribution in [3.8, 4) is 0 Å². The maximum atomic E-state index is 12.6. The van der Waals surface area contributed by atoms with E-state index >= 15 is 0 Å². The average Bonchev–Trinajstić information content (AvgIpc) is 2.53. The SMILES string of the molecule is C[C@H](NC(=O)N1CCCC[C@H]1CNS(C)(=O)=O)c1ccccc1. The molecule has 7 heteroatoms. The van der Waals surface area contributed by atoms with E-state index in [0.717, 1.165) is 31.1 Å². The molecule has 0 saturated carbocycles. The fourth-order valence-corrected chi connectivity index (χ4v) is 3.32. The highest BCUT2D eigenvalue weighted by Crippen LogP contribution is 2.18. The van der Waals surface area contributed by atoms with E-state index in [2.05, 4.69) is 10.0 Å². The fourth-order valence-electron chi connectivity index (χ4n) is 2.82. The van der Waals surface area contributed by atoms with E-state index in [9.17, 15) is 13.2 Å². The zero-order chi connectivity index (χ0) is 16.9. The summed E-state index contributed by atoms with van der Waals surface area (Å²) in [5.74, 6) is 0. The lowest BCUT2D eigenvalue weighted by Gasteiger charge is -2.36. The second-order valence-corrected chi connectivity index (χ2v) is 7.88. The van der Waals surface area contributed by atoms with Gasteiger partial charge < -0.3 is 10.2 Å². The first-order valence-electron chi connectivity index (χ1n) is 7.93. The summed E-state index contributed by atoms with van der Waals surface area (Å²) in [6.07, 6.45) is 3.91. The van der Waals surface area contributed by atoms with Crippen LogP contribution in [0.5, 0.6) is 0 Å². The summed E-state index contributed by atoms with van der Waals surface area (Å²) in [5.41, 5.74) is 1.05. The Bertz CT molecular complexity index is 619. The zero-order valence-electron chi connectivity index (χ0n) is 13.7. The van der Waals surface area contributed by atoms with Crippen LogP contribution in [0.4, 0.5) is 4.79 Å². The third kappa shape index (κ3) is 5.51. The van der Waals surface area contributed by atoms with Crippen LogP contribution in [0.2, 0.25) is 0 Å². The first kappa shape index (κ1) is 17.7. The average molecular weight is 339 g/mol. The van der Waals surface area contributed by atoms with E-state index in [4.69, 9.17) is 0 Å². The monoisotopic (exact) mass is 339 g/mol. The van der Waals surface area contributed by atoms with Crippen LogP contribution in [0.25, 0.3) is 0 Å². The molecule has 0 spiro atoms. The molecular weight excluding hydrogens is 314 g/mol. The van der Waals surface area contributed by atoms with E-state index in [0.29, 0.717) is 6.54 Å². The summed E-state index contributed by atoms with van der Waals surface area (Å²) < 4.78 is 25.1. The minimum Gasteiger partial charge on any atom is -0.331 e. The van der Waals surface area contributed by atoms with E-state index < -0.39 is 10.0 Å². The molecule has 0 aliphatic carbocycles. The highest BCUT2D eigenvalue weighted by molar-refractivity contribution is 7.88. The largest absolute Gasteiger partial charge is 0.331 e. The second-order valence-electron chi connectivity index (χ2n) is 6.05. The number of nitrogens with zero attached hydrogens (tertiary/aromatic N) is 1. The van der Waals surface area contributed by atoms with Gasteiger partial charge in [-0.05, 0) is 31.7 Å². The van der Waals surface area contributed by atoms with Gasteiger partial charge >= 0.3 is 6.03 Å². The number of hydrogen-bond donors (Lipinski definition) is 2. The van der Waals surface area contributed by atoms with Crippen molar-refractivity contribution < 1.29 is 13.2 Å². The molecule has 2 rings (SSSR count). The van der Waals surface area contributed by atoms with E-state index in [1.807, 2.05) is 37.3 Å². The predicted molar refractivity (Wildman–Crippen MR) is 90.6 cm³/mol. The van der Waals surface area contributed by atoms with Crippen molar-refractivity contribution in [2.75, 3.05) is 19.3 Å². The molecule has 1 aromatic rings. The van der Waals surface area contributed by atoms with E-state index in [1.54, 1.807) is 4.90 Å². The number of amides is 2. The summed E-state index contributed by atoms with van der Waals surface area (Å²) in [5, 5.41) is 3.00. The second kappa shape index (κ2) is 7.79. The van der Waals surface area contributed by atoms with Gasteiger partial charge in [0, 0.05) is 19.1 Å². The van der Waals surface area contributed by atoms with Crippen LogP contribution < -0.4 is 10.0 Å². The molecule has 2 amide bonds. The van der Waals surface area contributed by atoms with Crippen LogP contribution in [-0.4, -0.2) is 44.7 Å². The number of carbonyl (C=O) groups excluding carboxylic acids is 1. The quantitative estimate of drug-likeness (QED) is 0.859. The van der Waals surface area contributed by atoms with Crippen LogP contribution >= 0.6 is 0 Å². The minimum absolute atomic E-state index is 0.0888. The fraction of sp³-hybridized carbons (Fsp3) is 0.562. The molecule has 2 N–H and O–H groups in total. The van der Waals surface area contributed by atoms with E-state index in [1.165, 1.54) is 0 Å². The Labute approximate surface area is 138 Å². The van der Waals surface area contributed by atoms with Crippen molar-refractivity contribution in [2.45, 2.75) is 38.3 Å². The van der Waals surface area contributed by atoms with Crippen LogP contribution in [0.3, 0.4) is 0 Å². The predicted octanol–water partition coefficient (Wildman–Crippen LogP) is 1.86. The molecule has 1 heterocycles. The molecule has 0 radical (unpaired) electrons. The Morgan fingerprint density at radius 2 is 2.00 bits per heavy atom. The smallest absolute Gasteiger partial charge is 0.318 e. The van der Waals surface area contributed by atoms with Gasteiger partial charge in [0.05, 0.1) is 12.3 Å². The molecule has 0 aromatic heterocycles. The topological polar surface area (TPSA) is 78.5 Å². The van der Waals surface area contributed by atoms with Gasteiger partial charge in [-0.3, -0.25) is 0 Å². The highest BCUT2D eigenvalue weighted by Gasteiger charge is 2.28. The summed E-state index contributed by atoms with van der Waals surface area (Å²) in [7, 11) is -3.25. The lowest BCUT2D eigenvalue weighted by Crippen LogP contribution is -2.53. The number of urea groups is 1. The van der Waals surface area contributed by atoms with Gasteiger partial charge in [0.2, 0.25) is 10.0 Å². The van der Waals surface area contributed by atoms with E-state index in [-0.39, 0.29) is 24.7 Å². The Morgan fingerprint density at radius 3 is 2.65 bits per heavy atom. The van der Waals surface area contributed by atoms with Crippen molar-refractivity contribution in [3.05, 3.63) is 35.9 Å².